The molecule has 0 radical (unpaired) electrons. The molecule has 0 bridgehead atoms. The average molecular weight is 488 g/mol. The minimum atomic E-state index is -0.641. The van der Waals surface area contributed by atoms with Crippen molar-refractivity contribution in [2.45, 2.75) is 45.3 Å². The Hall–Kier alpha value is -3.91. The second-order valence-corrected chi connectivity index (χ2v) is 9.25. The zero-order valence-corrected chi connectivity index (χ0v) is 20.7. The Labute approximate surface area is 211 Å². The van der Waals surface area contributed by atoms with E-state index in [0.717, 1.165) is 42.1 Å². The smallest absolute Gasteiger partial charge is 0.242 e. The van der Waals surface area contributed by atoms with Gasteiger partial charge in [0.15, 0.2) is 0 Å². The van der Waals surface area contributed by atoms with Crippen LogP contribution < -0.4 is 26.4 Å². The molecule has 1 aliphatic heterocycles. The summed E-state index contributed by atoms with van der Waals surface area (Å²) < 4.78 is 5.85. The van der Waals surface area contributed by atoms with Crippen molar-refractivity contribution >= 4 is 17.6 Å². The van der Waals surface area contributed by atoms with Crippen LogP contribution in [-0.4, -0.2) is 35.4 Å². The Balaban J connectivity index is 1.21. The summed E-state index contributed by atoms with van der Waals surface area (Å²) in [4.78, 5) is 29.4. The summed E-state index contributed by atoms with van der Waals surface area (Å²) >= 11 is 0. The molecule has 0 spiro atoms. The largest absolute Gasteiger partial charge is 0.457 e. The molecule has 0 saturated carbocycles. The summed E-state index contributed by atoms with van der Waals surface area (Å²) in [6.45, 7) is 4.62. The van der Waals surface area contributed by atoms with Crippen molar-refractivity contribution in [2.24, 2.45) is 5.92 Å². The molecule has 3 aromatic rings. The fourth-order valence-corrected chi connectivity index (χ4v) is 4.33. The number of para-hydroxylation sites is 1. The van der Waals surface area contributed by atoms with Crippen LogP contribution in [0.1, 0.15) is 30.2 Å². The van der Waals surface area contributed by atoms with Gasteiger partial charge in [-0.15, -0.1) is 0 Å². The molecule has 2 amide bonds. The lowest BCUT2D eigenvalue weighted by molar-refractivity contribution is -0.129. The number of nitrogen functional groups attached to an aromatic ring is 1. The third-order valence-electron chi connectivity index (χ3n) is 6.39. The summed E-state index contributed by atoms with van der Waals surface area (Å²) in [5, 5.41) is 8.98. The minimum Gasteiger partial charge on any atom is -0.457 e. The van der Waals surface area contributed by atoms with Crippen LogP contribution >= 0.6 is 0 Å². The molecule has 1 fully saturated rings. The van der Waals surface area contributed by atoms with Gasteiger partial charge in [-0.25, -0.2) is 4.98 Å². The van der Waals surface area contributed by atoms with Crippen LogP contribution in [0.3, 0.4) is 0 Å². The fraction of sp³-hybridized carbons (Fsp3) is 0.321. The number of nitrogens with one attached hydrogen (secondary N) is 3. The van der Waals surface area contributed by atoms with E-state index in [1.807, 2.05) is 55.5 Å². The molecule has 2 aromatic carbocycles. The Morgan fingerprint density at radius 2 is 1.81 bits per heavy atom. The van der Waals surface area contributed by atoms with Gasteiger partial charge in [0.1, 0.15) is 23.4 Å². The first-order chi connectivity index (χ1) is 17.4. The van der Waals surface area contributed by atoms with Gasteiger partial charge in [0.05, 0.1) is 6.04 Å². The third-order valence-corrected chi connectivity index (χ3v) is 6.39. The van der Waals surface area contributed by atoms with Gasteiger partial charge in [-0.05, 0) is 80.6 Å². The second-order valence-electron chi connectivity index (χ2n) is 9.25. The van der Waals surface area contributed by atoms with Crippen molar-refractivity contribution in [3.05, 3.63) is 83.6 Å². The summed E-state index contributed by atoms with van der Waals surface area (Å²) in [5.74, 6) is 1.98. The number of carbonyl (C=O) groups is 2. The number of rotatable bonds is 9. The lowest BCUT2D eigenvalue weighted by Crippen LogP contribution is -2.50. The molecule has 1 aliphatic rings. The molecule has 5 N–H and O–H groups in total. The molecule has 1 saturated heterocycles. The second kappa shape index (κ2) is 11.7. The van der Waals surface area contributed by atoms with Gasteiger partial charge in [0.25, 0.3) is 0 Å². The first-order valence-corrected chi connectivity index (χ1v) is 12.2. The molecular formula is C28H33N5O3. The van der Waals surface area contributed by atoms with Crippen LogP contribution in [-0.2, 0) is 22.6 Å². The molecule has 36 heavy (non-hydrogen) atoms. The highest BCUT2D eigenvalue weighted by molar-refractivity contribution is 5.89. The van der Waals surface area contributed by atoms with Gasteiger partial charge in [0, 0.05) is 12.2 Å². The van der Waals surface area contributed by atoms with Gasteiger partial charge in [-0.2, -0.15) is 0 Å². The first-order valence-electron chi connectivity index (χ1n) is 12.2. The van der Waals surface area contributed by atoms with E-state index in [4.69, 9.17) is 10.5 Å². The van der Waals surface area contributed by atoms with Crippen molar-refractivity contribution < 1.29 is 14.3 Å². The molecule has 0 unspecified atom stereocenters. The lowest BCUT2D eigenvalue weighted by Gasteiger charge is -2.17. The lowest BCUT2D eigenvalue weighted by atomic mass is 9.96. The number of benzene rings is 2. The van der Waals surface area contributed by atoms with Crippen LogP contribution in [0.15, 0.2) is 66.7 Å². The van der Waals surface area contributed by atoms with E-state index in [9.17, 15) is 9.59 Å². The minimum absolute atomic E-state index is 0.155. The SMILES string of the molecule is Cc1nc(N)ccc1CNC(=O)[C@H](C)NC(=O)[C@H]1C[C@H](Cc2ccc(Oc3ccccc3)cc2)CN1. The first kappa shape index (κ1) is 25.2. The van der Waals surface area contributed by atoms with Crippen molar-refractivity contribution in [1.82, 2.24) is 20.9 Å². The molecule has 3 atom stereocenters. The van der Waals surface area contributed by atoms with Gasteiger partial charge < -0.3 is 26.4 Å². The highest BCUT2D eigenvalue weighted by Crippen LogP contribution is 2.24. The average Bonchev–Trinajstić information content (AvgIpc) is 3.34. The Morgan fingerprint density at radius 3 is 2.53 bits per heavy atom. The van der Waals surface area contributed by atoms with E-state index < -0.39 is 6.04 Å². The van der Waals surface area contributed by atoms with E-state index in [1.54, 1.807) is 13.0 Å². The highest BCUT2D eigenvalue weighted by Gasteiger charge is 2.30. The van der Waals surface area contributed by atoms with E-state index in [2.05, 4.69) is 33.1 Å². The standard InChI is InChI=1S/C28H33N5O3/c1-18-22(10-13-26(29)32-18)17-31-27(34)19(2)33-28(35)25-15-21(16-30-25)14-20-8-11-24(12-9-20)36-23-6-4-3-5-7-23/h3-13,19,21,25,30H,14-17H2,1-2H3,(H2,29,32)(H,31,34)(H,33,35)/t19-,21-,25+/m0/s1. The molecule has 4 rings (SSSR count). The molecule has 188 valence electrons. The van der Waals surface area contributed by atoms with Gasteiger partial charge >= 0.3 is 0 Å². The summed E-state index contributed by atoms with van der Waals surface area (Å²) in [7, 11) is 0. The van der Waals surface area contributed by atoms with Crippen molar-refractivity contribution in [2.75, 3.05) is 12.3 Å². The maximum Gasteiger partial charge on any atom is 0.242 e. The summed E-state index contributed by atoms with van der Waals surface area (Å²) in [6, 6.07) is 20.3. The molecule has 0 aliphatic carbocycles. The van der Waals surface area contributed by atoms with E-state index in [-0.39, 0.29) is 17.9 Å². The summed E-state index contributed by atoms with van der Waals surface area (Å²) in [5.41, 5.74) is 8.53. The van der Waals surface area contributed by atoms with Gasteiger partial charge in [-0.1, -0.05) is 36.4 Å². The van der Waals surface area contributed by atoms with Crippen LogP contribution in [0.5, 0.6) is 11.5 Å². The van der Waals surface area contributed by atoms with Crippen LogP contribution in [0, 0.1) is 12.8 Å². The van der Waals surface area contributed by atoms with Crippen molar-refractivity contribution in [3.63, 3.8) is 0 Å². The van der Waals surface area contributed by atoms with Crippen molar-refractivity contribution in [1.29, 1.82) is 0 Å². The predicted molar refractivity (Wildman–Crippen MR) is 139 cm³/mol. The molecular weight excluding hydrogens is 454 g/mol. The molecule has 8 nitrogen and oxygen atoms in total. The number of hydrogen-bond donors (Lipinski definition) is 4. The maximum absolute atomic E-state index is 12.7. The van der Waals surface area contributed by atoms with E-state index in [1.165, 1.54) is 5.56 Å². The van der Waals surface area contributed by atoms with Crippen molar-refractivity contribution in [3.8, 4) is 11.5 Å². The predicted octanol–water partition coefficient (Wildman–Crippen LogP) is 3.11. The zero-order chi connectivity index (χ0) is 25.5. The van der Waals surface area contributed by atoms with E-state index >= 15 is 0 Å². The molecule has 1 aromatic heterocycles. The number of ether oxygens (including phenoxy) is 1. The quantitative estimate of drug-likeness (QED) is 0.368. The third kappa shape index (κ3) is 6.82. The Kier molecular flexibility index (Phi) is 8.17. The number of nitrogens with zero attached hydrogens (tertiary/aromatic N) is 1. The molecule has 2 heterocycles. The van der Waals surface area contributed by atoms with Crippen LogP contribution in [0.2, 0.25) is 0 Å². The number of amides is 2. The van der Waals surface area contributed by atoms with Crippen LogP contribution in [0.4, 0.5) is 5.82 Å². The Bertz CT molecular complexity index is 1180. The number of aromatic nitrogens is 1. The molecule has 8 heteroatoms. The Morgan fingerprint density at radius 1 is 1.08 bits per heavy atom. The number of aryl methyl sites for hydroxylation is 1. The summed E-state index contributed by atoms with van der Waals surface area (Å²) in [6.07, 6.45) is 1.59. The number of anilines is 1. The fourth-order valence-electron chi connectivity index (χ4n) is 4.33. The zero-order valence-electron chi connectivity index (χ0n) is 20.7. The highest BCUT2D eigenvalue weighted by atomic mass is 16.5. The number of pyridine rings is 1. The number of nitrogens with two attached hydrogens (primary N) is 1. The normalized spacial score (nSPS) is 17.8. The van der Waals surface area contributed by atoms with Crippen LogP contribution in [0.25, 0.3) is 0 Å². The monoisotopic (exact) mass is 487 g/mol. The van der Waals surface area contributed by atoms with E-state index in [0.29, 0.717) is 18.3 Å². The number of hydrogen-bond acceptors (Lipinski definition) is 6. The van der Waals surface area contributed by atoms with Gasteiger partial charge in [-0.3, -0.25) is 9.59 Å². The topological polar surface area (TPSA) is 118 Å². The maximum atomic E-state index is 12.7. The number of carbonyl (C=O) groups excluding carboxylic acids is 2. The van der Waals surface area contributed by atoms with Gasteiger partial charge in [0.2, 0.25) is 11.8 Å².